The van der Waals surface area contributed by atoms with Gasteiger partial charge in [-0.05, 0) is 55.3 Å². The molecule has 1 aromatic heterocycles. The van der Waals surface area contributed by atoms with Crippen LogP contribution in [0, 0.1) is 5.82 Å². The molecule has 0 saturated carbocycles. The maximum absolute atomic E-state index is 14.7. The van der Waals surface area contributed by atoms with Crippen LogP contribution in [0.2, 0.25) is 0 Å². The molecule has 0 spiro atoms. The van der Waals surface area contributed by atoms with E-state index in [2.05, 4.69) is 10.6 Å². The molecule has 1 unspecified atom stereocenters. The second-order valence-corrected chi connectivity index (χ2v) is 8.02. The monoisotopic (exact) mass is 504 g/mol. The predicted molar refractivity (Wildman–Crippen MR) is 128 cm³/mol. The molecule has 0 aliphatic rings. The lowest BCUT2D eigenvalue weighted by molar-refractivity contribution is -0.137. The Morgan fingerprint density at radius 1 is 1.11 bits per heavy atom. The normalized spacial score (nSPS) is 12.0. The number of nitrogens with zero attached hydrogens (tertiary/aromatic N) is 2. The highest BCUT2D eigenvalue weighted by atomic mass is 19.4. The quantitative estimate of drug-likeness (QED) is 0.330. The number of pyridine rings is 1. The number of anilines is 2. The van der Waals surface area contributed by atoms with Crippen molar-refractivity contribution in [2.75, 3.05) is 23.8 Å². The molecule has 1 atom stereocenters. The summed E-state index contributed by atoms with van der Waals surface area (Å²) in [6.07, 6.45) is -1.70. The van der Waals surface area contributed by atoms with Crippen LogP contribution in [0.3, 0.4) is 0 Å². The molecule has 190 valence electrons. The van der Waals surface area contributed by atoms with Crippen molar-refractivity contribution in [1.82, 2.24) is 9.88 Å². The number of rotatable bonds is 9. The highest BCUT2D eigenvalue weighted by Gasteiger charge is 2.30. The Kier molecular flexibility index (Phi) is 8.46. The summed E-state index contributed by atoms with van der Waals surface area (Å²) in [7, 11) is 1.67. The van der Waals surface area contributed by atoms with Crippen LogP contribution >= 0.6 is 0 Å². The molecule has 1 heterocycles. The number of alkyl halides is 3. The third-order valence-corrected chi connectivity index (χ3v) is 5.40. The first-order valence-electron chi connectivity index (χ1n) is 11.0. The number of carbonyl (C=O) groups excluding carboxylic acids is 2. The van der Waals surface area contributed by atoms with Gasteiger partial charge in [0.15, 0.2) is 0 Å². The zero-order chi connectivity index (χ0) is 26.3. The van der Waals surface area contributed by atoms with Crippen molar-refractivity contribution >= 4 is 23.7 Å². The molecule has 0 bridgehead atoms. The molecule has 7 nitrogen and oxygen atoms in total. The number of aldehydes is 1. The molecule has 0 fully saturated rings. The predicted octanol–water partition coefficient (Wildman–Crippen LogP) is 4.60. The molecular formula is C25H24F4N4O3. The molecule has 0 aliphatic carbocycles. The number of hydrogen-bond acceptors (Lipinski definition) is 4. The SMILES string of the molecule is CN(CCCC(C=O)NC(=O)Nc1ccc(C(F)(F)F)cc1)c1ccc(-n2ccccc2=O)cc1F. The summed E-state index contributed by atoms with van der Waals surface area (Å²) < 4.78 is 53.9. The van der Waals surface area contributed by atoms with Gasteiger partial charge in [-0.2, -0.15) is 13.2 Å². The lowest BCUT2D eigenvalue weighted by atomic mass is 10.1. The summed E-state index contributed by atoms with van der Waals surface area (Å²) in [6, 6.07) is 11.4. The van der Waals surface area contributed by atoms with Crippen LogP contribution in [-0.2, 0) is 11.0 Å². The zero-order valence-corrected chi connectivity index (χ0v) is 19.3. The maximum atomic E-state index is 14.7. The van der Waals surface area contributed by atoms with Gasteiger partial charge in [0.1, 0.15) is 12.1 Å². The fourth-order valence-electron chi connectivity index (χ4n) is 3.52. The Morgan fingerprint density at radius 2 is 1.83 bits per heavy atom. The standard InChI is InChI=1S/C25H24F4N4O3/c1-32(22-12-11-20(15-21(22)26)33-14-3-2-6-23(33)35)13-4-5-19(16-34)31-24(36)30-18-9-7-17(8-10-18)25(27,28)29/h2-3,6-12,14-16,19H,4-5,13H2,1H3,(H2,30,31,36). The first-order chi connectivity index (χ1) is 17.1. The van der Waals surface area contributed by atoms with E-state index >= 15 is 0 Å². The van der Waals surface area contributed by atoms with Gasteiger partial charge in [0.25, 0.3) is 5.56 Å². The van der Waals surface area contributed by atoms with Gasteiger partial charge < -0.3 is 20.3 Å². The van der Waals surface area contributed by atoms with Crippen molar-refractivity contribution in [3.63, 3.8) is 0 Å². The third-order valence-electron chi connectivity index (χ3n) is 5.40. The highest BCUT2D eigenvalue weighted by molar-refractivity contribution is 5.90. The summed E-state index contributed by atoms with van der Waals surface area (Å²) in [4.78, 5) is 37.1. The summed E-state index contributed by atoms with van der Waals surface area (Å²) in [5.74, 6) is -0.522. The maximum Gasteiger partial charge on any atom is 0.416 e. The van der Waals surface area contributed by atoms with Crippen molar-refractivity contribution in [2.24, 2.45) is 0 Å². The number of hydrogen-bond donors (Lipinski definition) is 2. The molecule has 0 radical (unpaired) electrons. The van der Waals surface area contributed by atoms with Crippen LogP contribution in [0.1, 0.15) is 18.4 Å². The van der Waals surface area contributed by atoms with Crippen LogP contribution in [0.15, 0.2) is 71.7 Å². The smallest absolute Gasteiger partial charge is 0.372 e. The van der Waals surface area contributed by atoms with Crippen LogP contribution in [0.5, 0.6) is 0 Å². The Morgan fingerprint density at radius 3 is 2.44 bits per heavy atom. The number of aromatic nitrogens is 1. The van der Waals surface area contributed by atoms with Crippen molar-refractivity contribution in [2.45, 2.75) is 25.1 Å². The molecule has 36 heavy (non-hydrogen) atoms. The summed E-state index contributed by atoms with van der Waals surface area (Å²) in [5.41, 5.74) is -0.296. The largest absolute Gasteiger partial charge is 0.416 e. The number of carbonyl (C=O) groups is 2. The minimum atomic E-state index is -4.48. The lowest BCUT2D eigenvalue weighted by Crippen LogP contribution is -2.39. The molecule has 2 amide bonds. The van der Waals surface area contributed by atoms with E-state index in [1.807, 2.05) is 0 Å². The van der Waals surface area contributed by atoms with E-state index in [4.69, 9.17) is 0 Å². The molecular weight excluding hydrogens is 480 g/mol. The fourth-order valence-corrected chi connectivity index (χ4v) is 3.52. The van der Waals surface area contributed by atoms with Crippen LogP contribution in [0.4, 0.5) is 33.7 Å². The van der Waals surface area contributed by atoms with E-state index in [0.717, 1.165) is 24.3 Å². The lowest BCUT2D eigenvalue weighted by Gasteiger charge is -2.21. The molecule has 3 aromatic rings. The molecule has 2 aromatic carbocycles. The number of benzene rings is 2. The summed E-state index contributed by atoms with van der Waals surface area (Å²) in [5, 5.41) is 4.83. The van der Waals surface area contributed by atoms with Crippen molar-refractivity contribution < 1.29 is 27.2 Å². The van der Waals surface area contributed by atoms with E-state index in [1.165, 1.54) is 16.7 Å². The average Bonchev–Trinajstić information content (AvgIpc) is 2.83. The minimum Gasteiger partial charge on any atom is -0.372 e. The van der Waals surface area contributed by atoms with Crippen LogP contribution < -0.4 is 21.1 Å². The van der Waals surface area contributed by atoms with Gasteiger partial charge in [0.05, 0.1) is 23.0 Å². The molecule has 11 heteroatoms. The average molecular weight is 504 g/mol. The number of nitrogens with one attached hydrogen (secondary N) is 2. The first kappa shape index (κ1) is 26.5. The number of halogens is 4. The third kappa shape index (κ3) is 6.94. The van der Waals surface area contributed by atoms with Crippen LogP contribution in [0.25, 0.3) is 5.69 Å². The van der Waals surface area contributed by atoms with Gasteiger partial charge in [-0.25, -0.2) is 9.18 Å². The Hall–Kier alpha value is -4.15. The van der Waals surface area contributed by atoms with Gasteiger partial charge in [0.2, 0.25) is 0 Å². The zero-order valence-electron chi connectivity index (χ0n) is 19.3. The van der Waals surface area contributed by atoms with E-state index in [1.54, 1.807) is 42.4 Å². The fraction of sp³-hybridized carbons (Fsp3) is 0.240. The Bertz CT molecular complexity index is 1260. The van der Waals surface area contributed by atoms with Gasteiger partial charge >= 0.3 is 12.2 Å². The molecule has 2 N–H and O–H groups in total. The summed E-state index contributed by atoms with van der Waals surface area (Å²) >= 11 is 0. The topological polar surface area (TPSA) is 83.4 Å². The minimum absolute atomic E-state index is 0.140. The number of urea groups is 1. The molecule has 0 saturated heterocycles. The van der Waals surface area contributed by atoms with Crippen molar-refractivity contribution in [3.05, 3.63) is 88.6 Å². The molecule has 0 aliphatic heterocycles. The van der Waals surface area contributed by atoms with E-state index in [-0.39, 0.29) is 17.7 Å². The van der Waals surface area contributed by atoms with Crippen molar-refractivity contribution in [3.8, 4) is 5.69 Å². The second-order valence-electron chi connectivity index (χ2n) is 8.02. The van der Waals surface area contributed by atoms with Gasteiger partial charge in [-0.3, -0.25) is 9.36 Å². The van der Waals surface area contributed by atoms with E-state index < -0.39 is 29.6 Å². The van der Waals surface area contributed by atoms with Gasteiger partial charge in [-0.15, -0.1) is 0 Å². The second kappa shape index (κ2) is 11.5. The van der Waals surface area contributed by atoms with Crippen molar-refractivity contribution in [1.29, 1.82) is 0 Å². The van der Waals surface area contributed by atoms with Gasteiger partial charge in [0, 0.05) is 37.6 Å². The number of amides is 2. The Labute approximate surface area is 204 Å². The summed E-state index contributed by atoms with van der Waals surface area (Å²) in [6.45, 7) is 0.369. The highest BCUT2D eigenvalue weighted by Crippen LogP contribution is 2.29. The van der Waals surface area contributed by atoms with E-state index in [9.17, 15) is 31.9 Å². The van der Waals surface area contributed by atoms with Crippen LogP contribution in [-0.4, -0.2) is 36.5 Å². The first-order valence-corrected chi connectivity index (χ1v) is 11.0. The Balaban J connectivity index is 1.51. The molecule has 3 rings (SSSR count). The van der Waals surface area contributed by atoms with Gasteiger partial charge in [-0.1, -0.05) is 6.07 Å². The van der Waals surface area contributed by atoms with E-state index in [0.29, 0.717) is 30.6 Å².